The SMILES string of the molecule is CCc1nn(CC)c(COC2CCC(C)CC2)c1Br. The predicted octanol–water partition coefficient (Wildman–Crippen LogP) is 4.32. The van der Waals surface area contributed by atoms with Gasteiger partial charge in [-0.1, -0.05) is 13.8 Å². The molecule has 0 aromatic carbocycles. The Morgan fingerprint density at radius 2 is 1.95 bits per heavy atom. The van der Waals surface area contributed by atoms with E-state index in [0.717, 1.165) is 29.1 Å². The minimum atomic E-state index is 0.438. The zero-order chi connectivity index (χ0) is 13.8. The van der Waals surface area contributed by atoms with Crippen molar-refractivity contribution in [1.82, 2.24) is 9.78 Å². The predicted molar refractivity (Wildman–Crippen MR) is 81.2 cm³/mol. The van der Waals surface area contributed by atoms with E-state index in [2.05, 4.69) is 46.5 Å². The van der Waals surface area contributed by atoms with Crippen molar-refractivity contribution in [3.05, 3.63) is 15.9 Å². The molecule has 0 aliphatic heterocycles. The molecule has 1 saturated carbocycles. The van der Waals surface area contributed by atoms with Crippen molar-refractivity contribution in [2.45, 2.75) is 72.1 Å². The molecular formula is C15H25BrN2O. The monoisotopic (exact) mass is 328 g/mol. The summed E-state index contributed by atoms with van der Waals surface area (Å²) in [6.07, 6.45) is 6.42. The molecule has 1 heterocycles. The summed E-state index contributed by atoms with van der Waals surface area (Å²) in [6.45, 7) is 8.19. The molecule has 0 N–H and O–H groups in total. The molecule has 0 spiro atoms. The minimum Gasteiger partial charge on any atom is -0.372 e. The van der Waals surface area contributed by atoms with Gasteiger partial charge >= 0.3 is 0 Å². The second kappa shape index (κ2) is 6.89. The van der Waals surface area contributed by atoms with Gasteiger partial charge in [0.1, 0.15) is 0 Å². The summed E-state index contributed by atoms with van der Waals surface area (Å²) in [5.41, 5.74) is 2.33. The van der Waals surface area contributed by atoms with Crippen LogP contribution in [-0.2, 0) is 24.3 Å². The van der Waals surface area contributed by atoms with Crippen LogP contribution < -0.4 is 0 Å². The summed E-state index contributed by atoms with van der Waals surface area (Å²) in [5.74, 6) is 0.874. The van der Waals surface area contributed by atoms with Gasteiger partial charge in [0.05, 0.1) is 28.6 Å². The number of rotatable bonds is 5. The summed E-state index contributed by atoms with van der Waals surface area (Å²) in [5, 5.41) is 4.61. The Morgan fingerprint density at radius 1 is 1.26 bits per heavy atom. The van der Waals surface area contributed by atoms with Crippen molar-refractivity contribution in [1.29, 1.82) is 0 Å². The minimum absolute atomic E-state index is 0.438. The third kappa shape index (κ3) is 3.60. The molecule has 0 radical (unpaired) electrons. The molecule has 1 aliphatic rings. The lowest BCUT2D eigenvalue weighted by atomic mass is 9.89. The largest absolute Gasteiger partial charge is 0.372 e. The number of hydrogen-bond acceptors (Lipinski definition) is 2. The fourth-order valence-corrected chi connectivity index (χ4v) is 3.43. The molecule has 19 heavy (non-hydrogen) atoms. The first-order valence-electron chi connectivity index (χ1n) is 7.51. The number of aromatic nitrogens is 2. The maximum Gasteiger partial charge on any atom is 0.0900 e. The first kappa shape index (κ1) is 15.0. The summed E-state index contributed by atoms with van der Waals surface area (Å²) >= 11 is 3.67. The van der Waals surface area contributed by atoms with Crippen LogP contribution >= 0.6 is 15.9 Å². The lowest BCUT2D eigenvalue weighted by molar-refractivity contribution is 0.00547. The summed E-state index contributed by atoms with van der Waals surface area (Å²) < 4.78 is 9.31. The normalized spacial score (nSPS) is 23.8. The van der Waals surface area contributed by atoms with Crippen LogP contribution in [0.3, 0.4) is 0 Å². The number of nitrogens with zero attached hydrogens (tertiary/aromatic N) is 2. The van der Waals surface area contributed by atoms with Gasteiger partial charge in [0.15, 0.2) is 0 Å². The first-order chi connectivity index (χ1) is 9.15. The van der Waals surface area contributed by atoms with Crippen LogP contribution in [0.5, 0.6) is 0 Å². The maximum atomic E-state index is 6.11. The van der Waals surface area contributed by atoms with E-state index < -0.39 is 0 Å². The van der Waals surface area contributed by atoms with Gasteiger partial charge in [0, 0.05) is 6.54 Å². The van der Waals surface area contributed by atoms with Crippen molar-refractivity contribution in [2.24, 2.45) is 5.92 Å². The van der Waals surface area contributed by atoms with E-state index in [1.807, 2.05) is 0 Å². The Morgan fingerprint density at radius 3 is 2.53 bits per heavy atom. The molecule has 1 fully saturated rings. The lowest BCUT2D eigenvalue weighted by Crippen LogP contribution is -2.21. The highest BCUT2D eigenvalue weighted by Crippen LogP contribution is 2.28. The molecule has 0 atom stereocenters. The second-order valence-electron chi connectivity index (χ2n) is 5.57. The van der Waals surface area contributed by atoms with Crippen LogP contribution in [0, 0.1) is 5.92 Å². The van der Waals surface area contributed by atoms with Crippen molar-refractivity contribution < 1.29 is 4.74 Å². The summed E-state index contributed by atoms with van der Waals surface area (Å²) in [7, 11) is 0. The van der Waals surface area contributed by atoms with Crippen molar-refractivity contribution in [3.8, 4) is 0 Å². The molecule has 1 aliphatic carbocycles. The van der Waals surface area contributed by atoms with Crippen LogP contribution in [-0.4, -0.2) is 15.9 Å². The second-order valence-corrected chi connectivity index (χ2v) is 6.36. The number of hydrogen-bond donors (Lipinski definition) is 0. The van der Waals surface area contributed by atoms with Gasteiger partial charge in [0.2, 0.25) is 0 Å². The molecule has 1 aromatic heterocycles. The Kier molecular flexibility index (Phi) is 5.46. The molecule has 0 saturated heterocycles. The van der Waals surface area contributed by atoms with E-state index in [4.69, 9.17) is 4.74 Å². The van der Waals surface area contributed by atoms with Crippen LogP contribution in [0.4, 0.5) is 0 Å². The Labute approximate surface area is 124 Å². The average Bonchev–Trinajstić information content (AvgIpc) is 2.74. The van der Waals surface area contributed by atoms with Gasteiger partial charge in [-0.05, 0) is 60.9 Å². The molecular weight excluding hydrogens is 304 g/mol. The molecule has 1 aromatic rings. The Hall–Kier alpha value is -0.350. The number of ether oxygens (including phenoxy) is 1. The highest BCUT2D eigenvalue weighted by molar-refractivity contribution is 9.10. The summed E-state index contributed by atoms with van der Waals surface area (Å²) in [4.78, 5) is 0. The quantitative estimate of drug-likeness (QED) is 0.804. The van der Waals surface area contributed by atoms with E-state index >= 15 is 0 Å². The molecule has 108 valence electrons. The van der Waals surface area contributed by atoms with Crippen LogP contribution in [0.2, 0.25) is 0 Å². The highest BCUT2D eigenvalue weighted by atomic mass is 79.9. The van der Waals surface area contributed by atoms with E-state index in [-0.39, 0.29) is 0 Å². The fraction of sp³-hybridized carbons (Fsp3) is 0.800. The fourth-order valence-electron chi connectivity index (χ4n) is 2.75. The molecule has 0 amide bonds. The maximum absolute atomic E-state index is 6.11. The van der Waals surface area contributed by atoms with E-state index in [1.54, 1.807) is 0 Å². The summed E-state index contributed by atoms with van der Waals surface area (Å²) in [6, 6.07) is 0. The van der Waals surface area contributed by atoms with Crippen LogP contribution in [0.1, 0.15) is 57.8 Å². The molecule has 0 bridgehead atoms. The van der Waals surface area contributed by atoms with Gasteiger partial charge in [-0.3, -0.25) is 4.68 Å². The molecule has 3 nitrogen and oxygen atoms in total. The van der Waals surface area contributed by atoms with E-state index in [1.165, 1.54) is 31.4 Å². The van der Waals surface area contributed by atoms with Crippen LogP contribution in [0.15, 0.2) is 4.47 Å². The zero-order valence-electron chi connectivity index (χ0n) is 12.3. The number of aryl methyl sites for hydroxylation is 2. The van der Waals surface area contributed by atoms with Gasteiger partial charge in [-0.25, -0.2) is 0 Å². The third-order valence-corrected chi connectivity index (χ3v) is 5.03. The zero-order valence-corrected chi connectivity index (χ0v) is 13.9. The van der Waals surface area contributed by atoms with Crippen molar-refractivity contribution in [3.63, 3.8) is 0 Å². The Balaban J connectivity index is 1.97. The Bertz CT molecular complexity index is 409. The smallest absolute Gasteiger partial charge is 0.0900 e. The molecule has 0 unspecified atom stereocenters. The molecule has 2 rings (SSSR count). The van der Waals surface area contributed by atoms with Gasteiger partial charge in [0.25, 0.3) is 0 Å². The molecule has 4 heteroatoms. The highest BCUT2D eigenvalue weighted by Gasteiger charge is 2.20. The third-order valence-electron chi connectivity index (χ3n) is 4.11. The van der Waals surface area contributed by atoms with E-state index in [9.17, 15) is 0 Å². The lowest BCUT2D eigenvalue weighted by Gasteiger charge is -2.26. The topological polar surface area (TPSA) is 27.1 Å². The van der Waals surface area contributed by atoms with Gasteiger partial charge in [-0.15, -0.1) is 0 Å². The van der Waals surface area contributed by atoms with Crippen molar-refractivity contribution >= 4 is 15.9 Å². The van der Waals surface area contributed by atoms with Gasteiger partial charge < -0.3 is 4.74 Å². The average molecular weight is 329 g/mol. The van der Waals surface area contributed by atoms with E-state index in [0.29, 0.717) is 12.7 Å². The van der Waals surface area contributed by atoms with Crippen molar-refractivity contribution in [2.75, 3.05) is 0 Å². The number of halogens is 1. The van der Waals surface area contributed by atoms with Crippen LogP contribution in [0.25, 0.3) is 0 Å². The van der Waals surface area contributed by atoms with Gasteiger partial charge in [-0.2, -0.15) is 5.10 Å². The standard InChI is InChI=1S/C15H25BrN2O/c1-4-13-15(16)14(18(5-2)17-13)10-19-12-8-6-11(3)7-9-12/h11-12H,4-10H2,1-3H3. The first-order valence-corrected chi connectivity index (χ1v) is 8.30.